The van der Waals surface area contributed by atoms with Gasteiger partial charge in [-0.1, -0.05) is 19.1 Å². The van der Waals surface area contributed by atoms with Gasteiger partial charge >= 0.3 is 6.03 Å². The van der Waals surface area contributed by atoms with Gasteiger partial charge in [0.05, 0.1) is 12.0 Å². The summed E-state index contributed by atoms with van der Waals surface area (Å²) in [6.45, 7) is 3.12. The van der Waals surface area contributed by atoms with Crippen LogP contribution in [0.3, 0.4) is 0 Å². The van der Waals surface area contributed by atoms with E-state index in [4.69, 9.17) is 5.73 Å². The molecular formula is C26H29F2N7O3. The molecule has 200 valence electrons. The van der Waals surface area contributed by atoms with Crippen molar-refractivity contribution in [2.75, 3.05) is 17.7 Å². The van der Waals surface area contributed by atoms with Crippen molar-refractivity contribution in [1.29, 1.82) is 0 Å². The van der Waals surface area contributed by atoms with Gasteiger partial charge in [0, 0.05) is 38.1 Å². The van der Waals surface area contributed by atoms with E-state index >= 15 is 0 Å². The summed E-state index contributed by atoms with van der Waals surface area (Å²) in [5.41, 5.74) is 6.53. The lowest BCUT2D eigenvalue weighted by Gasteiger charge is -2.45. The Morgan fingerprint density at radius 1 is 1.21 bits per heavy atom. The molecule has 1 unspecified atom stereocenters. The zero-order chi connectivity index (χ0) is 27.7. The van der Waals surface area contributed by atoms with Gasteiger partial charge in [-0.3, -0.25) is 24.1 Å². The van der Waals surface area contributed by atoms with E-state index in [-0.39, 0.29) is 29.8 Å². The maximum absolute atomic E-state index is 14.7. The van der Waals surface area contributed by atoms with Crippen LogP contribution in [0.1, 0.15) is 36.1 Å². The third-order valence-corrected chi connectivity index (χ3v) is 6.75. The molecule has 38 heavy (non-hydrogen) atoms. The summed E-state index contributed by atoms with van der Waals surface area (Å²) in [4.78, 5) is 46.2. The Balaban J connectivity index is 1.62. The van der Waals surface area contributed by atoms with Crippen molar-refractivity contribution in [3.63, 3.8) is 0 Å². The molecule has 0 spiro atoms. The number of nitrogens with zero attached hydrogens (tertiary/aromatic N) is 5. The topological polar surface area (TPSA) is 126 Å². The summed E-state index contributed by atoms with van der Waals surface area (Å²) >= 11 is 0. The maximum Gasteiger partial charge on any atom is 0.325 e. The van der Waals surface area contributed by atoms with Gasteiger partial charge in [-0.25, -0.2) is 18.6 Å². The van der Waals surface area contributed by atoms with Crippen molar-refractivity contribution >= 4 is 29.5 Å². The van der Waals surface area contributed by atoms with E-state index in [1.807, 2.05) is 0 Å². The van der Waals surface area contributed by atoms with Crippen molar-refractivity contribution in [3.05, 3.63) is 71.1 Å². The lowest BCUT2D eigenvalue weighted by Crippen LogP contribution is -2.70. The van der Waals surface area contributed by atoms with Gasteiger partial charge in [0.1, 0.15) is 11.9 Å². The summed E-state index contributed by atoms with van der Waals surface area (Å²) < 4.78 is 30.4. The standard InChI is InChI=1S/C26H29F2N7O3/c1-5-18(16-7-6-14(2)21(27)22(16)28)31-26(38)35-23(25(37)34(4)20-9-11-33(3)32-20)17(24(35)36)12-15-8-10-30-19(29)13-15/h6-11,13,17-18,23H,5,12H2,1-4H3,(H2,29,30)(H,31,38)/t17-,18?,23+/m1/s1. The fraction of sp³-hybridized carbons (Fsp3) is 0.346. The van der Waals surface area contributed by atoms with Gasteiger partial charge in [-0.05, 0) is 43.0 Å². The van der Waals surface area contributed by atoms with Gasteiger partial charge in [0.2, 0.25) is 5.91 Å². The number of rotatable bonds is 7. The van der Waals surface area contributed by atoms with Crippen molar-refractivity contribution in [2.24, 2.45) is 13.0 Å². The number of hydrogen-bond acceptors (Lipinski definition) is 6. The van der Waals surface area contributed by atoms with E-state index in [1.54, 1.807) is 38.4 Å². The summed E-state index contributed by atoms with van der Waals surface area (Å²) in [5, 5.41) is 6.83. The molecule has 3 heterocycles. The van der Waals surface area contributed by atoms with Crippen molar-refractivity contribution in [1.82, 2.24) is 25.0 Å². The Hall–Kier alpha value is -4.35. The van der Waals surface area contributed by atoms with E-state index in [1.165, 1.54) is 41.9 Å². The van der Waals surface area contributed by atoms with Crippen molar-refractivity contribution < 1.29 is 23.2 Å². The minimum Gasteiger partial charge on any atom is -0.384 e. The number of carbonyl (C=O) groups is 3. The number of hydrogen-bond donors (Lipinski definition) is 2. The highest BCUT2D eigenvalue weighted by molar-refractivity contribution is 6.12. The number of imide groups is 1. The first-order valence-corrected chi connectivity index (χ1v) is 12.1. The van der Waals surface area contributed by atoms with E-state index in [9.17, 15) is 23.2 Å². The second kappa shape index (κ2) is 10.6. The number of likely N-dealkylation sites (N-methyl/N-ethyl adjacent to an activating group) is 1. The van der Waals surface area contributed by atoms with E-state index in [2.05, 4.69) is 15.4 Å². The molecule has 12 heteroatoms. The first-order chi connectivity index (χ1) is 18.0. The summed E-state index contributed by atoms with van der Waals surface area (Å²) in [5.74, 6) is -3.42. The summed E-state index contributed by atoms with van der Waals surface area (Å²) in [6, 6.07) is 4.77. The molecule has 2 aromatic heterocycles. The normalized spacial score (nSPS) is 17.6. The number of carbonyl (C=O) groups excluding carboxylic acids is 3. The molecule has 4 rings (SSSR count). The largest absolute Gasteiger partial charge is 0.384 e. The van der Waals surface area contributed by atoms with Crippen LogP contribution in [0.5, 0.6) is 0 Å². The number of amides is 4. The number of nitrogen functional groups attached to an aromatic ring is 1. The Bertz CT molecular complexity index is 1390. The molecule has 0 saturated carbocycles. The number of likely N-dealkylation sites (tertiary alicyclic amines) is 1. The Morgan fingerprint density at radius 2 is 1.95 bits per heavy atom. The second-order valence-corrected chi connectivity index (χ2v) is 9.31. The Morgan fingerprint density at radius 3 is 2.58 bits per heavy atom. The average molecular weight is 526 g/mol. The number of nitrogens with one attached hydrogen (secondary N) is 1. The van der Waals surface area contributed by atoms with Gasteiger partial charge < -0.3 is 11.1 Å². The van der Waals surface area contributed by atoms with Crippen LogP contribution in [0.15, 0.2) is 42.7 Å². The molecular weight excluding hydrogens is 496 g/mol. The third kappa shape index (κ3) is 4.93. The molecule has 0 bridgehead atoms. The minimum atomic E-state index is -1.15. The lowest BCUT2D eigenvalue weighted by atomic mass is 9.81. The van der Waals surface area contributed by atoms with E-state index in [0.29, 0.717) is 11.4 Å². The van der Waals surface area contributed by atoms with Crippen molar-refractivity contribution in [3.8, 4) is 0 Å². The minimum absolute atomic E-state index is 0.0470. The molecule has 1 aromatic carbocycles. The number of nitrogens with two attached hydrogens (primary N) is 1. The highest BCUT2D eigenvalue weighted by Gasteiger charge is 2.55. The quantitative estimate of drug-likeness (QED) is 0.457. The van der Waals surface area contributed by atoms with Gasteiger partial charge in [-0.15, -0.1) is 0 Å². The number of benzene rings is 1. The zero-order valence-corrected chi connectivity index (χ0v) is 21.5. The zero-order valence-electron chi connectivity index (χ0n) is 21.5. The van der Waals surface area contributed by atoms with Crippen LogP contribution in [0.2, 0.25) is 0 Å². The lowest BCUT2D eigenvalue weighted by molar-refractivity contribution is -0.156. The van der Waals surface area contributed by atoms with E-state index in [0.717, 1.165) is 4.90 Å². The molecule has 0 aliphatic carbocycles. The first kappa shape index (κ1) is 26.7. The van der Waals surface area contributed by atoms with Gasteiger partial charge in [-0.2, -0.15) is 5.10 Å². The molecule has 4 amide bonds. The van der Waals surface area contributed by atoms with Crippen LogP contribution in [-0.2, 0) is 23.1 Å². The molecule has 3 atom stereocenters. The second-order valence-electron chi connectivity index (χ2n) is 9.31. The monoisotopic (exact) mass is 525 g/mol. The van der Waals surface area contributed by atoms with Crippen LogP contribution in [0, 0.1) is 24.5 Å². The predicted octanol–water partition coefficient (Wildman–Crippen LogP) is 2.88. The molecule has 1 saturated heterocycles. The van der Waals surface area contributed by atoms with Crippen LogP contribution < -0.4 is 16.0 Å². The number of pyridine rings is 1. The molecule has 3 N–H and O–H groups in total. The van der Waals surface area contributed by atoms with Crippen molar-refractivity contribution in [2.45, 2.75) is 38.8 Å². The van der Waals surface area contributed by atoms with Crippen LogP contribution in [0.25, 0.3) is 0 Å². The molecule has 0 radical (unpaired) electrons. The number of anilines is 2. The van der Waals surface area contributed by atoms with Gasteiger partial charge in [0.25, 0.3) is 5.91 Å². The number of aromatic nitrogens is 3. The number of halogens is 2. The fourth-order valence-electron chi connectivity index (χ4n) is 4.57. The smallest absolute Gasteiger partial charge is 0.325 e. The fourth-order valence-corrected chi connectivity index (χ4v) is 4.57. The van der Waals surface area contributed by atoms with Crippen LogP contribution >= 0.6 is 0 Å². The highest BCUT2D eigenvalue weighted by atomic mass is 19.2. The molecule has 1 aliphatic rings. The van der Waals surface area contributed by atoms with Crippen LogP contribution in [-0.4, -0.2) is 50.6 Å². The predicted molar refractivity (Wildman–Crippen MR) is 136 cm³/mol. The molecule has 10 nitrogen and oxygen atoms in total. The SMILES string of the molecule is CCC(NC(=O)N1C(=O)[C@H](Cc2ccnc(N)c2)[C@H]1C(=O)N(C)c1ccn(C)n1)c1ccc(C)c(F)c1F. The summed E-state index contributed by atoms with van der Waals surface area (Å²) in [6.07, 6.45) is 3.53. The number of urea groups is 1. The summed E-state index contributed by atoms with van der Waals surface area (Å²) in [7, 11) is 3.20. The number of β-lactam (4-membered cyclic amide) rings is 1. The van der Waals surface area contributed by atoms with Gasteiger partial charge in [0.15, 0.2) is 17.5 Å². The third-order valence-electron chi connectivity index (χ3n) is 6.75. The average Bonchev–Trinajstić information content (AvgIpc) is 3.33. The molecule has 1 aliphatic heterocycles. The molecule has 1 fully saturated rings. The highest BCUT2D eigenvalue weighted by Crippen LogP contribution is 2.33. The Kier molecular flexibility index (Phi) is 7.42. The molecule has 3 aromatic rings. The first-order valence-electron chi connectivity index (χ1n) is 12.1. The van der Waals surface area contributed by atoms with Crippen LogP contribution in [0.4, 0.5) is 25.2 Å². The maximum atomic E-state index is 14.7. The van der Waals surface area contributed by atoms with E-state index < -0.39 is 47.5 Å². The number of aryl methyl sites for hydroxylation is 2. The Labute approximate surface area is 218 Å².